The zero-order valence-corrected chi connectivity index (χ0v) is 17.4. The van der Waals surface area contributed by atoms with Crippen LogP contribution in [0.15, 0.2) is 60.7 Å². The highest BCUT2D eigenvalue weighted by Gasteiger charge is 2.41. The first kappa shape index (κ1) is 23.0. The van der Waals surface area contributed by atoms with E-state index >= 15 is 0 Å². The van der Waals surface area contributed by atoms with E-state index in [4.69, 9.17) is 9.47 Å². The van der Waals surface area contributed by atoms with Crippen LogP contribution in [0.25, 0.3) is 0 Å². The molecule has 0 aromatic heterocycles. The van der Waals surface area contributed by atoms with E-state index < -0.39 is 36.0 Å². The molecule has 2 aromatic rings. The third-order valence-electron chi connectivity index (χ3n) is 5.22. The Morgan fingerprint density at radius 1 is 0.750 bits per heavy atom. The molecule has 0 aliphatic heterocycles. The van der Waals surface area contributed by atoms with E-state index in [1.54, 1.807) is 36.4 Å². The van der Waals surface area contributed by atoms with Crippen molar-refractivity contribution in [1.82, 2.24) is 5.32 Å². The zero-order valence-electron chi connectivity index (χ0n) is 17.4. The van der Waals surface area contributed by atoms with Gasteiger partial charge in [-0.3, -0.25) is 4.79 Å². The summed E-state index contributed by atoms with van der Waals surface area (Å²) in [5.41, 5.74) is 0.251. The molecule has 2 N–H and O–H groups in total. The van der Waals surface area contributed by atoms with Crippen molar-refractivity contribution >= 4 is 23.8 Å². The monoisotopic (exact) mass is 439 g/mol. The Hall–Kier alpha value is -3.68. The van der Waals surface area contributed by atoms with Gasteiger partial charge in [-0.2, -0.15) is 0 Å². The van der Waals surface area contributed by atoms with Crippen LogP contribution in [-0.4, -0.2) is 47.2 Å². The molecule has 2 atom stereocenters. The van der Waals surface area contributed by atoms with Crippen LogP contribution in [0.2, 0.25) is 0 Å². The quantitative estimate of drug-likeness (QED) is 0.607. The number of benzene rings is 2. The molecule has 0 heterocycles. The Balaban J connectivity index is 1.83. The van der Waals surface area contributed by atoms with Gasteiger partial charge in [0.15, 0.2) is 0 Å². The van der Waals surface area contributed by atoms with Crippen LogP contribution in [-0.2, 0) is 19.1 Å². The maximum atomic E-state index is 13.0. The van der Waals surface area contributed by atoms with Crippen molar-refractivity contribution in [2.75, 3.05) is 0 Å². The van der Waals surface area contributed by atoms with Crippen molar-refractivity contribution < 1.29 is 33.8 Å². The Morgan fingerprint density at radius 2 is 1.22 bits per heavy atom. The number of carboxylic acid groups (broad SMARTS) is 1. The number of esters is 2. The number of rotatable bonds is 8. The molecule has 8 nitrogen and oxygen atoms in total. The summed E-state index contributed by atoms with van der Waals surface area (Å²) < 4.78 is 10.4. The van der Waals surface area contributed by atoms with Crippen LogP contribution in [0.4, 0.5) is 0 Å². The molecule has 32 heavy (non-hydrogen) atoms. The van der Waals surface area contributed by atoms with E-state index in [0.29, 0.717) is 0 Å². The van der Waals surface area contributed by atoms with E-state index in [0.717, 1.165) is 32.1 Å². The van der Waals surface area contributed by atoms with Gasteiger partial charge >= 0.3 is 17.9 Å². The molecular weight excluding hydrogens is 414 g/mol. The van der Waals surface area contributed by atoms with E-state index in [-0.39, 0.29) is 17.2 Å². The molecule has 0 radical (unpaired) electrons. The second-order valence-electron chi connectivity index (χ2n) is 7.57. The predicted molar refractivity (Wildman–Crippen MR) is 114 cm³/mol. The lowest BCUT2D eigenvalue weighted by atomic mass is 9.95. The molecule has 0 unspecified atom stereocenters. The van der Waals surface area contributed by atoms with Gasteiger partial charge in [-0.15, -0.1) is 0 Å². The van der Waals surface area contributed by atoms with Crippen LogP contribution in [0, 0.1) is 0 Å². The SMILES string of the molecule is O=C(O[C@H](C(=O)NC1CCCCC1)[C@@H](OC(=O)c1ccccc1)C(=O)O)c1ccccc1. The third kappa shape index (κ3) is 6.16. The Kier molecular flexibility index (Phi) is 7.96. The van der Waals surface area contributed by atoms with Gasteiger partial charge in [-0.25, -0.2) is 14.4 Å². The maximum Gasteiger partial charge on any atom is 0.349 e. The highest BCUT2D eigenvalue weighted by atomic mass is 16.6. The van der Waals surface area contributed by atoms with Crippen molar-refractivity contribution in [3.63, 3.8) is 0 Å². The van der Waals surface area contributed by atoms with Gasteiger partial charge in [-0.05, 0) is 37.1 Å². The standard InChI is InChI=1S/C24H25NO7/c26-21(25-18-14-8-3-9-15-18)19(31-23(29)16-10-4-1-5-11-16)20(22(27)28)32-24(30)17-12-6-2-7-13-17/h1-2,4-7,10-13,18-20H,3,8-9,14-15H2,(H,25,26)(H,27,28)/t19-,20+/m0/s1. The van der Waals surface area contributed by atoms with E-state index in [2.05, 4.69) is 5.32 Å². The van der Waals surface area contributed by atoms with Gasteiger partial charge in [0.25, 0.3) is 5.91 Å². The normalized spacial score (nSPS) is 15.8. The summed E-state index contributed by atoms with van der Waals surface area (Å²) in [6.07, 6.45) is 0.550. The number of amides is 1. The lowest BCUT2D eigenvalue weighted by Gasteiger charge is -2.27. The first-order valence-electron chi connectivity index (χ1n) is 10.5. The van der Waals surface area contributed by atoms with Gasteiger partial charge in [0.1, 0.15) is 0 Å². The number of hydrogen-bond acceptors (Lipinski definition) is 6. The van der Waals surface area contributed by atoms with Crippen LogP contribution in [0.1, 0.15) is 52.8 Å². The predicted octanol–water partition coefficient (Wildman–Crippen LogP) is 2.97. The van der Waals surface area contributed by atoms with Gasteiger partial charge < -0.3 is 19.9 Å². The molecule has 1 fully saturated rings. The molecule has 1 aliphatic carbocycles. The fraction of sp³-hybridized carbons (Fsp3) is 0.333. The highest BCUT2D eigenvalue weighted by molar-refractivity contribution is 5.96. The van der Waals surface area contributed by atoms with Gasteiger partial charge in [0.2, 0.25) is 12.2 Å². The molecule has 1 aliphatic rings. The summed E-state index contributed by atoms with van der Waals surface area (Å²) in [6.45, 7) is 0. The van der Waals surface area contributed by atoms with E-state index in [1.165, 1.54) is 24.3 Å². The van der Waals surface area contributed by atoms with Crippen LogP contribution >= 0.6 is 0 Å². The van der Waals surface area contributed by atoms with E-state index in [9.17, 15) is 24.3 Å². The highest BCUT2D eigenvalue weighted by Crippen LogP contribution is 2.19. The molecule has 8 heteroatoms. The fourth-order valence-corrected chi connectivity index (χ4v) is 3.54. The van der Waals surface area contributed by atoms with Gasteiger partial charge in [0, 0.05) is 6.04 Å². The Labute approximate surface area is 185 Å². The van der Waals surface area contributed by atoms with Gasteiger partial charge in [-0.1, -0.05) is 55.7 Å². The zero-order chi connectivity index (χ0) is 22.9. The average Bonchev–Trinajstić information content (AvgIpc) is 2.82. The molecule has 0 spiro atoms. The largest absolute Gasteiger partial charge is 0.478 e. The summed E-state index contributed by atoms with van der Waals surface area (Å²) >= 11 is 0. The molecule has 168 valence electrons. The number of hydrogen-bond donors (Lipinski definition) is 2. The second-order valence-corrected chi connectivity index (χ2v) is 7.57. The van der Waals surface area contributed by atoms with Crippen LogP contribution in [0.3, 0.4) is 0 Å². The molecule has 3 rings (SSSR count). The topological polar surface area (TPSA) is 119 Å². The number of carbonyl (C=O) groups excluding carboxylic acids is 3. The molecular formula is C24H25NO7. The molecule has 0 bridgehead atoms. The minimum Gasteiger partial charge on any atom is -0.478 e. The van der Waals surface area contributed by atoms with Crippen LogP contribution in [0.5, 0.6) is 0 Å². The van der Waals surface area contributed by atoms with Crippen LogP contribution < -0.4 is 5.32 Å². The number of ether oxygens (including phenoxy) is 2. The molecule has 1 amide bonds. The number of aliphatic carboxylic acids is 1. The Morgan fingerprint density at radius 3 is 1.69 bits per heavy atom. The fourth-order valence-electron chi connectivity index (χ4n) is 3.54. The van der Waals surface area contributed by atoms with Crippen molar-refractivity contribution in [1.29, 1.82) is 0 Å². The third-order valence-corrected chi connectivity index (χ3v) is 5.22. The lowest BCUT2D eigenvalue weighted by molar-refractivity contribution is -0.159. The summed E-state index contributed by atoms with van der Waals surface area (Å²) in [5.74, 6) is -4.24. The maximum absolute atomic E-state index is 13.0. The van der Waals surface area contributed by atoms with Crippen molar-refractivity contribution in [3.8, 4) is 0 Å². The molecule has 2 aromatic carbocycles. The Bertz CT molecular complexity index is 939. The summed E-state index contributed by atoms with van der Waals surface area (Å²) in [7, 11) is 0. The molecule has 1 saturated carbocycles. The summed E-state index contributed by atoms with van der Waals surface area (Å²) in [5, 5.41) is 12.5. The van der Waals surface area contributed by atoms with Crippen molar-refractivity contribution in [2.24, 2.45) is 0 Å². The number of carbonyl (C=O) groups is 4. The summed E-state index contributed by atoms with van der Waals surface area (Å²) in [4.78, 5) is 50.0. The van der Waals surface area contributed by atoms with Crippen molar-refractivity contribution in [2.45, 2.75) is 50.4 Å². The lowest BCUT2D eigenvalue weighted by Crippen LogP contribution is -2.52. The molecule has 0 saturated heterocycles. The number of nitrogens with one attached hydrogen (secondary N) is 1. The minimum absolute atomic E-state index is 0.111. The van der Waals surface area contributed by atoms with E-state index in [1.807, 2.05) is 0 Å². The smallest absolute Gasteiger partial charge is 0.349 e. The number of carboxylic acids is 1. The van der Waals surface area contributed by atoms with Gasteiger partial charge in [0.05, 0.1) is 11.1 Å². The van der Waals surface area contributed by atoms with Crippen molar-refractivity contribution in [3.05, 3.63) is 71.8 Å². The second kappa shape index (κ2) is 11.1. The average molecular weight is 439 g/mol. The first-order valence-corrected chi connectivity index (χ1v) is 10.5. The minimum atomic E-state index is -2.01. The summed E-state index contributed by atoms with van der Waals surface area (Å²) in [6, 6.07) is 15.5. The first-order chi connectivity index (χ1) is 15.5.